The third-order valence-corrected chi connectivity index (χ3v) is 3.77. The molecule has 4 heteroatoms. The van der Waals surface area contributed by atoms with Gasteiger partial charge in [0.15, 0.2) is 0 Å². The Bertz CT molecular complexity index is 426. The molecular weight excluding hydrogens is 254 g/mol. The van der Waals surface area contributed by atoms with Crippen LogP contribution in [0.1, 0.15) is 32.3 Å². The van der Waals surface area contributed by atoms with Gasteiger partial charge in [0.2, 0.25) is 0 Å². The summed E-state index contributed by atoms with van der Waals surface area (Å²) in [7, 11) is 3.36. The normalized spacial score (nSPS) is 26.3. The lowest BCUT2D eigenvalue weighted by Crippen LogP contribution is -2.41. The third kappa shape index (κ3) is 3.87. The van der Waals surface area contributed by atoms with Crippen LogP contribution in [0.4, 0.5) is 0 Å². The van der Waals surface area contributed by atoms with E-state index in [0.29, 0.717) is 18.2 Å². The van der Waals surface area contributed by atoms with E-state index in [4.69, 9.17) is 14.2 Å². The van der Waals surface area contributed by atoms with Crippen molar-refractivity contribution in [3.8, 4) is 11.5 Å². The molecule has 0 radical (unpaired) electrons. The number of methoxy groups -OCH3 is 2. The van der Waals surface area contributed by atoms with Crippen molar-refractivity contribution >= 4 is 0 Å². The Labute approximate surface area is 121 Å². The molecule has 1 heterocycles. The fraction of sp³-hybridized carbons (Fsp3) is 0.625. The number of nitrogens with one attached hydrogen (secondary N) is 1. The fourth-order valence-corrected chi connectivity index (χ4v) is 2.82. The Hall–Kier alpha value is -1.26. The molecule has 4 nitrogen and oxygen atoms in total. The van der Waals surface area contributed by atoms with Gasteiger partial charge in [-0.1, -0.05) is 6.07 Å². The van der Waals surface area contributed by atoms with Gasteiger partial charge < -0.3 is 19.5 Å². The number of rotatable bonds is 5. The van der Waals surface area contributed by atoms with Crippen molar-refractivity contribution in [1.29, 1.82) is 0 Å². The van der Waals surface area contributed by atoms with E-state index in [-0.39, 0.29) is 0 Å². The molecule has 20 heavy (non-hydrogen) atoms. The highest BCUT2D eigenvalue weighted by molar-refractivity contribution is 5.40. The maximum atomic E-state index is 5.76. The highest BCUT2D eigenvalue weighted by Crippen LogP contribution is 2.25. The Kier molecular flexibility index (Phi) is 5.26. The van der Waals surface area contributed by atoms with Crippen LogP contribution in [0.3, 0.4) is 0 Å². The lowest BCUT2D eigenvalue weighted by atomic mass is 9.99. The zero-order valence-electron chi connectivity index (χ0n) is 12.8. The molecule has 2 atom stereocenters. The van der Waals surface area contributed by atoms with Crippen molar-refractivity contribution in [3.63, 3.8) is 0 Å². The summed E-state index contributed by atoms with van der Waals surface area (Å²) in [5.41, 5.74) is 1.15. The van der Waals surface area contributed by atoms with Gasteiger partial charge in [0.25, 0.3) is 0 Å². The largest absolute Gasteiger partial charge is 0.497 e. The molecule has 0 saturated carbocycles. The number of hydrogen-bond acceptors (Lipinski definition) is 4. The van der Waals surface area contributed by atoms with Crippen molar-refractivity contribution in [3.05, 3.63) is 23.8 Å². The Balaban J connectivity index is 1.96. The van der Waals surface area contributed by atoms with E-state index < -0.39 is 0 Å². The molecule has 1 fully saturated rings. The Morgan fingerprint density at radius 2 is 1.85 bits per heavy atom. The first-order valence-corrected chi connectivity index (χ1v) is 7.22. The van der Waals surface area contributed by atoms with Crippen LogP contribution in [-0.2, 0) is 11.3 Å². The molecule has 112 valence electrons. The van der Waals surface area contributed by atoms with Gasteiger partial charge in [-0.05, 0) is 32.8 Å². The summed E-state index contributed by atoms with van der Waals surface area (Å²) >= 11 is 0. The minimum atomic E-state index is 0.328. The molecule has 2 unspecified atom stereocenters. The van der Waals surface area contributed by atoms with Gasteiger partial charge in [-0.25, -0.2) is 0 Å². The molecular formula is C16H25NO3. The van der Waals surface area contributed by atoms with Crippen molar-refractivity contribution in [2.45, 2.75) is 51.5 Å². The van der Waals surface area contributed by atoms with Gasteiger partial charge in [-0.3, -0.25) is 0 Å². The lowest BCUT2D eigenvalue weighted by molar-refractivity contribution is -0.0423. The van der Waals surface area contributed by atoms with Crippen molar-refractivity contribution in [1.82, 2.24) is 5.32 Å². The van der Waals surface area contributed by atoms with E-state index in [2.05, 4.69) is 25.2 Å². The number of hydrogen-bond donors (Lipinski definition) is 1. The monoisotopic (exact) mass is 279 g/mol. The standard InChI is InChI=1S/C16H25NO3/c1-11-7-14(8-12(2)20-11)17-10-13-5-6-15(18-3)9-16(13)19-4/h5-6,9,11-12,14,17H,7-8,10H2,1-4H3. The Morgan fingerprint density at radius 3 is 2.45 bits per heavy atom. The molecule has 1 saturated heterocycles. The Morgan fingerprint density at radius 1 is 1.15 bits per heavy atom. The van der Waals surface area contributed by atoms with Gasteiger partial charge in [0.1, 0.15) is 11.5 Å². The second kappa shape index (κ2) is 6.95. The topological polar surface area (TPSA) is 39.7 Å². The van der Waals surface area contributed by atoms with Crippen LogP contribution in [0.5, 0.6) is 11.5 Å². The summed E-state index contributed by atoms with van der Waals surface area (Å²) in [5.74, 6) is 1.68. The van der Waals surface area contributed by atoms with Gasteiger partial charge in [0.05, 0.1) is 26.4 Å². The summed E-state index contributed by atoms with van der Waals surface area (Å²) in [5, 5.41) is 3.61. The fourth-order valence-electron chi connectivity index (χ4n) is 2.82. The molecule has 0 amide bonds. The highest BCUT2D eigenvalue weighted by Gasteiger charge is 2.24. The van der Waals surface area contributed by atoms with Gasteiger partial charge in [-0.2, -0.15) is 0 Å². The molecule has 0 bridgehead atoms. The minimum Gasteiger partial charge on any atom is -0.497 e. The first-order valence-electron chi connectivity index (χ1n) is 7.22. The van der Waals surface area contributed by atoms with Crippen LogP contribution in [0.2, 0.25) is 0 Å². The molecule has 1 aliphatic heterocycles. The van der Waals surface area contributed by atoms with E-state index in [9.17, 15) is 0 Å². The summed E-state index contributed by atoms with van der Waals surface area (Å²) in [4.78, 5) is 0. The zero-order chi connectivity index (χ0) is 14.5. The molecule has 0 aromatic heterocycles. The van der Waals surface area contributed by atoms with Crippen LogP contribution < -0.4 is 14.8 Å². The molecule has 1 N–H and O–H groups in total. The molecule has 0 spiro atoms. The van der Waals surface area contributed by atoms with Crippen molar-refractivity contribution in [2.75, 3.05) is 14.2 Å². The zero-order valence-corrected chi connectivity index (χ0v) is 12.8. The van der Waals surface area contributed by atoms with Crippen LogP contribution in [0.25, 0.3) is 0 Å². The number of ether oxygens (including phenoxy) is 3. The number of benzene rings is 1. The average molecular weight is 279 g/mol. The summed E-state index contributed by atoms with van der Waals surface area (Å²) in [6.07, 6.45) is 2.77. The SMILES string of the molecule is COc1ccc(CNC2CC(C)OC(C)C2)c(OC)c1. The second-order valence-corrected chi connectivity index (χ2v) is 5.48. The van der Waals surface area contributed by atoms with E-state index >= 15 is 0 Å². The predicted molar refractivity (Wildman–Crippen MR) is 79.4 cm³/mol. The van der Waals surface area contributed by atoms with E-state index in [1.165, 1.54) is 0 Å². The molecule has 0 aliphatic carbocycles. The summed E-state index contributed by atoms with van der Waals surface area (Å²) in [6, 6.07) is 6.44. The van der Waals surface area contributed by atoms with Crippen LogP contribution >= 0.6 is 0 Å². The predicted octanol–water partition coefficient (Wildman–Crippen LogP) is 2.75. The second-order valence-electron chi connectivity index (χ2n) is 5.48. The van der Waals surface area contributed by atoms with Gasteiger partial charge >= 0.3 is 0 Å². The first kappa shape index (κ1) is 15.1. The maximum Gasteiger partial charge on any atom is 0.127 e. The van der Waals surface area contributed by atoms with Crippen LogP contribution in [-0.4, -0.2) is 32.5 Å². The first-order chi connectivity index (χ1) is 9.62. The quantitative estimate of drug-likeness (QED) is 0.899. The molecule has 1 aromatic rings. The summed E-state index contributed by atoms with van der Waals surface area (Å²) in [6.45, 7) is 5.08. The highest BCUT2D eigenvalue weighted by atomic mass is 16.5. The smallest absolute Gasteiger partial charge is 0.127 e. The average Bonchev–Trinajstić information content (AvgIpc) is 2.44. The van der Waals surface area contributed by atoms with Gasteiger partial charge in [0, 0.05) is 24.2 Å². The maximum absolute atomic E-state index is 5.76. The van der Waals surface area contributed by atoms with Crippen molar-refractivity contribution < 1.29 is 14.2 Å². The van der Waals surface area contributed by atoms with Gasteiger partial charge in [-0.15, -0.1) is 0 Å². The summed E-state index contributed by atoms with van der Waals surface area (Å²) < 4.78 is 16.4. The minimum absolute atomic E-state index is 0.328. The lowest BCUT2D eigenvalue weighted by Gasteiger charge is -2.32. The molecule has 1 aliphatic rings. The van der Waals surface area contributed by atoms with Crippen molar-refractivity contribution in [2.24, 2.45) is 0 Å². The van der Waals surface area contributed by atoms with E-state index in [1.807, 2.05) is 12.1 Å². The van der Waals surface area contributed by atoms with Crippen LogP contribution in [0, 0.1) is 0 Å². The van der Waals surface area contributed by atoms with E-state index in [1.54, 1.807) is 14.2 Å². The molecule has 1 aromatic carbocycles. The van der Waals surface area contributed by atoms with Crippen LogP contribution in [0.15, 0.2) is 18.2 Å². The third-order valence-electron chi connectivity index (χ3n) is 3.77. The molecule has 2 rings (SSSR count). The van der Waals surface area contributed by atoms with E-state index in [0.717, 1.165) is 36.4 Å².